The van der Waals surface area contributed by atoms with E-state index < -0.39 is 10.0 Å². The van der Waals surface area contributed by atoms with Gasteiger partial charge in [-0.1, -0.05) is 18.2 Å². The first kappa shape index (κ1) is 21.9. The molecule has 0 aliphatic carbocycles. The van der Waals surface area contributed by atoms with Gasteiger partial charge in [0.05, 0.1) is 17.1 Å². The van der Waals surface area contributed by atoms with Crippen LogP contribution in [-0.2, 0) is 16.6 Å². The number of hydrogen-bond acceptors (Lipinski definition) is 4. The Bertz CT molecular complexity index is 905. The summed E-state index contributed by atoms with van der Waals surface area (Å²) in [6.45, 7) is 7.26. The molecule has 0 saturated heterocycles. The quantitative estimate of drug-likeness (QED) is 0.333. The van der Waals surface area contributed by atoms with Crippen LogP contribution in [0.25, 0.3) is 5.69 Å². The zero-order valence-electron chi connectivity index (χ0n) is 17.0. The topological polar surface area (TPSA) is 100 Å². The summed E-state index contributed by atoms with van der Waals surface area (Å²) in [6, 6.07) is 10.2. The Hall–Kier alpha value is -2.39. The van der Waals surface area contributed by atoms with E-state index >= 15 is 0 Å². The number of guanidine groups is 1. The van der Waals surface area contributed by atoms with Crippen molar-refractivity contribution in [3.63, 3.8) is 0 Å². The molecule has 0 atom stereocenters. The number of aliphatic imine (C=N–C) groups is 1. The first-order valence-corrected chi connectivity index (χ1v) is 11.0. The van der Waals surface area contributed by atoms with E-state index in [1.807, 2.05) is 36.7 Å². The summed E-state index contributed by atoms with van der Waals surface area (Å²) in [5, 5.41) is 11.1. The van der Waals surface area contributed by atoms with Gasteiger partial charge in [0.2, 0.25) is 10.0 Å². The zero-order valence-corrected chi connectivity index (χ0v) is 17.8. The molecule has 154 valence electrons. The van der Waals surface area contributed by atoms with E-state index in [0.29, 0.717) is 32.0 Å². The average Bonchev–Trinajstić information content (AvgIpc) is 3.02. The van der Waals surface area contributed by atoms with Crippen LogP contribution in [0.15, 0.2) is 35.3 Å². The van der Waals surface area contributed by atoms with Crippen LogP contribution in [-0.4, -0.2) is 50.0 Å². The van der Waals surface area contributed by atoms with Crippen LogP contribution in [0.3, 0.4) is 0 Å². The van der Waals surface area contributed by atoms with Crippen LogP contribution in [0.5, 0.6) is 0 Å². The van der Waals surface area contributed by atoms with Crippen LogP contribution in [0.2, 0.25) is 0 Å². The second kappa shape index (κ2) is 10.2. The Morgan fingerprint density at radius 1 is 1.18 bits per heavy atom. The second-order valence-corrected chi connectivity index (χ2v) is 8.57. The van der Waals surface area contributed by atoms with Crippen molar-refractivity contribution < 1.29 is 8.42 Å². The minimum atomic E-state index is -3.14. The van der Waals surface area contributed by atoms with Gasteiger partial charge in [-0.05, 0) is 44.9 Å². The van der Waals surface area contributed by atoms with Gasteiger partial charge in [0.25, 0.3) is 0 Å². The van der Waals surface area contributed by atoms with Crippen molar-refractivity contribution in [2.45, 2.75) is 33.7 Å². The van der Waals surface area contributed by atoms with Crippen molar-refractivity contribution in [3.8, 4) is 5.69 Å². The average molecular weight is 407 g/mol. The summed E-state index contributed by atoms with van der Waals surface area (Å²) in [6.07, 6.45) is 0.669. The SMILES string of the molecule is CCS(=O)(=O)NCCCNC(=NC)NCc1ccccc1-n1nc(C)cc1C. The molecule has 3 N–H and O–H groups in total. The maximum absolute atomic E-state index is 11.4. The molecule has 28 heavy (non-hydrogen) atoms. The maximum Gasteiger partial charge on any atom is 0.211 e. The molecule has 0 saturated carbocycles. The Labute approximate surface area is 167 Å². The zero-order chi connectivity index (χ0) is 20.6. The number of nitrogens with one attached hydrogen (secondary N) is 3. The largest absolute Gasteiger partial charge is 0.356 e. The van der Waals surface area contributed by atoms with Gasteiger partial charge >= 0.3 is 0 Å². The second-order valence-electron chi connectivity index (χ2n) is 6.47. The first-order chi connectivity index (χ1) is 13.4. The fourth-order valence-corrected chi connectivity index (χ4v) is 3.42. The number of hydrogen-bond donors (Lipinski definition) is 3. The minimum absolute atomic E-state index is 0.0955. The van der Waals surface area contributed by atoms with Crippen molar-refractivity contribution in [1.29, 1.82) is 0 Å². The molecule has 0 spiro atoms. The molecule has 2 rings (SSSR count). The highest BCUT2D eigenvalue weighted by atomic mass is 32.2. The van der Waals surface area contributed by atoms with Crippen molar-refractivity contribution >= 4 is 16.0 Å². The highest BCUT2D eigenvalue weighted by Gasteiger charge is 2.09. The first-order valence-electron chi connectivity index (χ1n) is 9.39. The van der Waals surface area contributed by atoms with Crippen LogP contribution in [0.1, 0.15) is 30.3 Å². The molecule has 0 amide bonds. The molecule has 0 fully saturated rings. The lowest BCUT2D eigenvalue weighted by atomic mass is 10.1. The lowest BCUT2D eigenvalue weighted by Gasteiger charge is -2.15. The third kappa shape index (κ3) is 6.35. The summed E-state index contributed by atoms with van der Waals surface area (Å²) in [7, 11) is -1.43. The minimum Gasteiger partial charge on any atom is -0.356 e. The van der Waals surface area contributed by atoms with E-state index in [9.17, 15) is 8.42 Å². The van der Waals surface area contributed by atoms with Crippen LogP contribution >= 0.6 is 0 Å². The Balaban J connectivity index is 1.90. The molecular formula is C19H30N6O2S. The number of rotatable bonds is 9. The van der Waals surface area contributed by atoms with Crippen molar-refractivity contribution in [1.82, 2.24) is 25.1 Å². The Morgan fingerprint density at radius 3 is 2.57 bits per heavy atom. The van der Waals surface area contributed by atoms with Gasteiger partial charge in [0.1, 0.15) is 0 Å². The molecule has 0 bridgehead atoms. The highest BCUT2D eigenvalue weighted by molar-refractivity contribution is 7.89. The molecule has 8 nitrogen and oxygen atoms in total. The lowest BCUT2D eigenvalue weighted by Crippen LogP contribution is -2.38. The van der Waals surface area contributed by atoms with Crippen molar-refractivity contribution in [2.24, 2.45) is 4.99 Å². The number of sulfonamides is 1. The third-order valence-corrected chi connectivity index (χ3v) is 5.65. The van der Waals surface area contributed by atoms with Crippen LogP contribution < -0.4 is 15.4 Å². The summed E-state index contributed by atoms with van der Waals surface area (Å²) in [4.78, 5) is 4.22. The Kier molecular flexibility index (Phi) is 8.01. The molecular weight excluding hydrogens is 376 g/mol. The summed E-state index contributed by atoms with van der Waals surface area (Å²) >= 11 is 0. The monoisotopic (exact) mass is 406 g/mol. The number of nitrogens with zero attached hydrogens (tertiary/aromatic N) is 3. The number of aromatic nitrogens is 2. The molecule has 9 heteroatoms. The normalized spacial score (nSPS) is 12.2. The van der Waals surface area contributed by atoms with Crippen molar-refractivity contribution in [2.75, 3.05) is 25.9 Å². The molecule has 2 aromatic rings. The highest BCUT2D eigenvalue weighted by Crippen LogP contribution is 2.16. The number of benzene rings is 1. The fourth-order valence-electron chi connectivity index (χ4n) is 2.76. The molecule has 1 aromatic heterocycles. The summed E-state index contributed by atoms with van der Waals surface area (Å²) in [5.41, 5.74) is 4.20. The molecule has 1 aromatic carbocycles. The summed E-state index contributed by atoms with van der Waals surface area (Å²) in [5.74, 6) is 0.764. The smallest absolute Gasteiger partial charge is 0.211 e. The predicted octanol–water partition coefficient (Wildman–Crippen LogP) is 1.48. The van der Waals surface area contributed by atoms with E-state index in [1.54, 1.807) is 14.0 Å². The molecule has 0 aliphatic heterocycles. The summed E-state index contributed by atoms with van der Waals surface area (Å²) < 4.78 is 27.3. The van der Waals surface area contributed by atoms with Crippen LogP contribution in [0, 0.1) is 13.8 Å². The van der Waals surface area contributed by atoms with E-state index in [4.69, 9.17) is 0 Å². The van der Waals surface area contributed by atoms with Crippen LogP contribution in [0.4, 0.5) is 0 Å². The van der Waals surface area contributed by atoms with Gasteiger partial charge in [-0.25, -0.2) is 17.8 Å². The Morgan fingerprint density at radius 2 is 1.93 bits per heavy atom. The van der Waals surface area contributed by atoms with Gasteiger partial charge < -0.3 is 10.6 Å². The van der Waals surface area contributed by atoms with Gasteiger partial charge in [-0.2, -0.15) is 5.10 Å². The molecule has 0 aliphatic rings. The van der Waals surface area contributed by atoms with Crippen molar-refractivity contribution in [3.05, 3.63) is 47.3 Å². The maximum atomic E-state index is 11.4. The standard InChI is InChI=1S/C19H30N6O2S/c1-5-28(26,27)23-12-8-11-21-19(20-4)22-14-17-9-6-7-10-18(17)25-16(3)13-15(2)24-25/h6-7,9-10,13,23H,5,8,11-12,14H2,1-4H3,(H2,20,21,22). The molecule has 0 unspecified atom stereocenters. The van der Waals surface area contributed by atoms with E-state index in [-0.39, 0.29) is 5.75 Å². The lowest BCUT2D eigenvalue weighted by molar-refractivity contribution is 0.579. The molecule has 0 radical (unpaired) electrons. The fraction of sp³-hybridized carbons (Fsp3) is 0.474. The third-order valence-electron chi connectivity index (χ3n) is 4.25. The number of para-hydroxylation sites is 1. The van der Waals surface area contributed by atoms with Gasteiger partial charge in [0, 0.05) is 32.4 Å². The molecule has 1 heterocycles. The van der Waals surface area contributed by atoms with E-state index in [1.165, 1.54) is 0 Å². The van der Waals surface area contributed by atoms with Gasteiger partial charge in [-0.15, -0.1) is 0 Å². The van der Waals surface area contributed by atoms with Gasteiger partial charge in [0.15, 0.2) is 5.96 Å². The van der Waals surface area contributed by atoms with Gasteiger partial charge in [-0.3, -0.25) is 4.99 Å². The predicted molar refractivity (Wildman–Crippen MR) is 113 cm³/mol. The number of aryl methyl sites for hydroxylation is 2. The van der Waals surface area contributed by atoms with E-state index in [2.05, 4.69) is 37.6 Å². The van der Waals surface area contributed by atoms with E-state index in [0.717, 1.165) is 22.6 Å².